The molecule has 0 aromatic heterocycles. The normalized spacial score (nSPS) is 11.1. The van der Waals surface area contributed by atoms with Gasteiger partial charge in [0, 0.05) is 6.08 Å². The summed E-state index contributed by atoms with van der Waals surface area (Å²) in [5, 5.41) is 0. The van der Waals surface area contributed by atoms with E-state index in [2.05, 4.69) is 13.2 Å². The summed E-state index contributed by atoms with van der Waals surface area (Å²) in [7, 11) is 0. The monoisotopic (exact) mass is 131 g/mol. The van der Waals surface area contributed by atoms with E-state index in [-0.39, 0.29) is 5.70 Å². The molecule has 0 aliphatic rings. The Hall–Kier alpha value is -1.12. The fraction of sp³-hybridized carbons (Fsp3) is 0. The van der Waals surface area contributed by atoms with Gasteiger partial charge in [-0.1, -0.05) is 13.2 Å². The van der Waals surface area contributed by atoms with Crippen molar-refractivity contribution in [2.24, 2.45) is 5.73 Å². The van der Waals surface area contributed by atoms with Gasteiger partial charge in [-0.2, -0.15) is 0 Å². The molecule has 0 atom stereocenters. The van der Waals surface area contributed by atoms with Crippen molar-refractivity contribution >= 4 is 0 Å². The molecule has 3 heteroatoms. The highest BCUT2D eigenvalue weighted by Crippen LogP contribution is 2.06. The van der Waals surface area contributed by atoms with Gasteiger partial charge in [-0.05, 0) is 0 Å². The smallest absolute Gasteiger partial charge is 0.148 e. The van der Waals surface area contributed by atoms with Crippen LogP contribution in [0.4, 0.5) is 8.78 Å². The third-order valence-electron chi connectivity index (χ3n) is 0.590. The summed E-state index contributed by atoms with van der Waals surface area (Å²) >= 11 is 0. The lowest BCUT2D eigenvalue weighted by molar-refractivity contribution is 0.622. The van der Waals surface area contributed by atoms with Crippen LogP contribution in [0.5, 0.6) is 0 Å². The lowest BCUT2D eigenvalue weighted by Gasteiger charge is -1.90. The topological polar surface area (TPSA) is 26.0 Å². The molecule has 0 rings (SSSR count). The van der Waals surface area contributed by atoms with Crippen molar-refractivity contribution in [3.63, 3.8) is 0 Å². The third kappa shape index (κ3) is 3.46. The van der Waals surface area contributed by atoms with Crippen LogP contribution in [-0.2, 0) is 0 Å². The highest BCUT2D eigenvalue weighted by Gasteiger charge is 1.94. The molecular weight excluding hydrogens is 124 g/mol. The van der Waals surface area contributed by atoms with Gasteiger partial charge in [0.15, 0.2) is 0 Å². The number of nitrogens with two attached hydrogens (primary N) is 1. The van der Waals surface area contributed by atoms with Crippen LogP contribution < -0.4 is 5.73 Å². The summed E-state index contributed by atoms with van der Waals surface area (Å²) in [5.74, 6) is -1.76. The van der Waals surface area contributed by atoms with E-state index in [0.717, 1.165) is 0 Å². The summed E-state index contributed by atoms with van der Waals surface area (Å²) in [6, 6.07) is 0. The molecule has 0 aliphatic carbocycles. The minimum Gasteiger partial charge on any atom is -0.397 e. The van der Waals surface area contributed by atoms with Gasteiger partial charge in [-0.25, -0.2) is 8.78 Å². The van der Waals surface area contributed by atoms with Gasteiger partial charge in [-0.3, -0.25) is 0 Å². The molecule has 0 fully saturated rings. The number of hydrogen-bond acceptors (Lipinski definition) is 1. The van der Waals surface area contributed by atoms with Crippen LogP contribution in [0.2, 0.25) is 0 Å². The second-order valence-electron chi connectivity index (χ2n) is 1.46. The fourth-order valence-electron chi connectivity index (χ4n) is 0.230. The molecule has 0 radical (unpaired) electrons. The molecular formula is C6H7F2N. The summed E-state index contributed by atoms with van der Waals surface area (Å²) in [6.45, 7) is 5.83. The Morgan fingerprint density at radius 3 is 1.89 bits per heavy atom. The fourth-order valence-corrected chi connectivity index (χ4v) is 0.230. The minimum atomic E-state index is -0.887. The largest absolute Gasteiger partial charge is 0.397 e. The molecule has 1 nitrogen and oxygen atoms in total. The summed E-state index contributed by atoms with van der Waals surface area (Å²) < 4.78 is 23.8. The molecule has 0 aromatic rings. The van der Waals surface area contributed by atoms with Gasteiger partial charge in [-0.15, -0.1) is 0 Å². The first-order valence-electron chi connectivity index (χ1n) is 2.20. The number of hydrogen-bond donors (Lipinski definition) is 1. The Labute approximate surface area is 52.2 Å². The quantitative estimate of drug-likeness (QED) is 0.568. The van der Waals surface area contributed by atoms with Gasteiger partial charge in [0.05, 0.1) is 5.70 Å². The van der Waals surface area contributed by atoms with E-state index in [0.29, 0.717) is 6.08 Å². The second-order valence-corrected chi connectivity index (χ2v) is 1.46. The predicted molar refractivity (Wildman–Crippen MR) is 32.8 cm³/mol. The Kier molecular flexibility index (Phi) is 2.64. The molecule has 0 spiro atoms. The Morgan fingerprint density at radius 2 is 1.78 bits per heavy atom. The van der Waals surface area contributed by atoms with Crippen molar-refractivity contribution < 1.29 is 8.78 Å². The third-order valence-corrected chi connectivity index (χ3v) is 0.590. The van der Waals surface area contributed by atoms with E-state index in [1.165, 1.54) is 0 Å². The van der Waals surface area contributed by atoms with Crippen LogP contribution in [0.15, 0.2) is 36.6 Å². The first-order chi connectivity index (χ1) is 4.04. The highest BCUT2D eigenvalue weighted by molar-refractivity contribution is 5.24. The first-order valence-corrected chi connectivity index (χ1v) is 2.20. The van der Waals surface area contributed by atoms with E-state index >= 15 is 0 Å². The molecule has 0 aromatic carbocycles. The Morgan fingerprint density at radius 1 is 1.33 bits per heavy atom. The van der Waals surface area contributed by atoms with Gasteiger partial charge >= 0.3 is 0 Å². The minimum absolute atomic E-state index is 0.297. The van der Waals surface area contributed by atoms with Gasteiger partial charge in [0.25, 0.3) is 0 Å². The second kappa shape index (κ2) is 3.02. The summed E-state index contributed by atoms with van der Waals surface area (Å²) in [4.78, 5) is 0. The molecule has 0 bridgehead atoms. The molecule has 0 unspecified atom stereocenters. The van der Waals surface area contributed by atoms with E-state index in [1.54, 1.807) is 0 Å². The van der Waals surface area contributed by atoms with Gasteiger partial charge in [0.1, 0.15) is 11.7 Å². The van der Waals surface area contributed by atoms with Crippen LogP contribution in [-0.4, -0.2) is 0 Å². The van der Waals surface area contributed by atoms with Crippen molar-refractivity contribution in [1.29, 1.82) is 0 Å². The highest BCUT2D eigenvalue weighted by atomic mass is 19.1. The van der Waals surface area contributed by atoms with Crippen LogP contribution >= 0.6 is 0 Å². The van der Waals surface area contributed by atoms with Crippen molar-refractivity contribution in [2.75, 3.05) is 0 Å². The number of rotatable bonds is 2. The summed E-state index contributed by atoms with van der Waals surface area (Å²) in [6.07, 6.45) is 0.572. The maximum absolute atomic E-state index is 12.1. The van der Waals surface area contributed by atoms with Gasteiger partial charge < -0.3 is 5.73 Å². The van der Waals surface area contributed by atoms with Gasteiger partial charge in [0.2, 0.25) is 0 Å². The zero-order valence-electron chi connectivity index (χ0n) is 4.82. The molecule has 0 aliphatic heterocycles. The molecule has 0 saturated heterocycles. The predicted octanol–water partition coefficient (Wildman–Crippen LogP) is 1.80. The standard InChI is InChI=1S/C6H7F2N/c1-4(7)3-6(8)5(2)9/h3H,1-2,9H2/b6-3+. The molecule has 0 saturated carbocycles. The SMILES string of the molecule is C=C(F)/C=C(/F)C(=C)N. The van der Waals surface area contributed by atoms with Crippen LogP contribution in [0.1, 0.15) is 0 Å². The number of halogens is 2. The van der Waals surface area contributed by atoms with E-state index < -0.39 is 11.7 Å². The van der Waals surface area contributed by atoms with Crippen molar-refractivity contribution in [1.82, 2.24) is 0 Å². The molecule has 0 heterocycles. The average Bonchev–Trinajstić information content (AvgIpc) is 1.63. The van der Waals surface area contributed by atoms with Crippen molar-refractivity contribution in [3.05, 3.63) is 36.6 Å². The van der Waals surface area contributed by atoms with Crippen LogP contribution in [0, 0.1) is 0 Å². The lowest BCUT2D eigenvalue weighted by atomic mass is 10.4. The number of allylic oxidation sites excluding steroid dienone is 3. The zero-order valence-corrected chi connectivity index (χ0v) is 4.82. The average molecular weight is 131 g/mol. The lowest BCUT2D eigenvalue weighted by Crippen LogP contribution is -1.94. The Balaban J connectivity index is 4.17. The van der Waals surface area contributed by atoms with E-state index in [1.807, 2.05) is 0 Å². The zero-order chi connectivity index (χ0) is 7.44. The Bertz CT molecular complexity index is 170. The molecule has 9 heavy (non-hydrogen) atoms. The summed E-state index contributed by atoms with van der Waals surface area (Å²) in [5.41, 5.74) is 4.54. The van der Waals surface area contributed by atoms with Crippen molar-refractivity contribution in [2.45, 2.75) is 0 Å². The maximum Gasteiger partial charge on any atom is 0.148 e. The van der Waals surface area contributed by atoms with E-state index in [4.69, 9.17) is 5.73 Å². The molecule has 2 N–H and O–H groups in total. The molecule has 0 amide bonds. The van der Waals surface area contributed by atoms with Crippen LogP contribution in [0.3, 0.4) is 0 Å². The first kappa shape index (κ1) is 7.88. The maximum atomic E-state index is 12.1. The molecule has 50 valence electrons. The van der Waals surface area contributed by atoms with E-state index in [9.17, 15) is 8.78 Å². The van der Waals surface area contributed by atoms with Crippen molar-refractivity contribution in [3.8, 4) is 0 Å². The van der Waals surface area contributed by atoms with Crippen LogP contribution in [0.25, 0.3) is 0 Å².